The average molecular weight is 446 g/mol. The molecule has 2 aliphatic rings. The minimum absolute atomic E-state index is 0. The molecule has 0 unspecified atom stereocenters. The number of rotatable bonds is 3. The van der Waals surface area contributed by atoms with Crippen molar-refractivity contribution in [1.29, 1.82) is 0 Å². The van der Waals surface area contributed by atoms with E-state index in [0.717, 1.165) is 56.7 Å². The Balaban J connectivity index is 0.00000144. The molecule has 2 N–H and O–H groups in total. The molecule has 2 heterocycles. The van der Waals surface area contributed by atoms with E-state index in [1.165, 1.54) is 6.07 Å². The summed E-state index contributed by atoms with van der Waals surface area (Å²) in [6, 6.07) is 3.02. The Morgan fingerprint density at radius 3 is 2.46 bits per heavy atom. The molecule has 1 atom stereocenters. The number of phenolic OH excluding ortho intramolecular Hbond substituents is 1. The van der Waals surface area contributed by atoms with Gasteiger partial charge in [0.15, 0.2) is 11.6 Å². The number of benzene rings is 1. The number of hydrogen-bond acceptors (Lipinski definition) is 4. The van der Waals surface area contributed by atoms with Crippen LogP contribution < -0.4 is 5.32 Å². The molecule has 0 saturated carbocycles. The maximum atomic E-state index is 13.9. The van der Waals surface area contributed by atoms with Crippen molar-refractivity contribution in [3.8, 4) is 5.75 Å². The van der Waals surface area contributed by atoms with Crippen LogP contribution in [0.25, 0.3) is 0 Å². The maximum Gasteiger partial charge on any atom is 0.165 e. The molecule has 24 heavy (non-hydrogen) atoms. The number of halogens is 4. The van der Waals surface area contributed by atoms with E-state index in [1.807, 2.05) is 0 Å². The van der Waals surface area contributed by atoms with Gasteiger partial charge in [-0.05, 0) is 30.9 Å². The fraction of sp³-hybridized carbons (Fsp3) is 0.625. The van der Waals surface area contributed by atoms with Crippen molar-refractivity contribution in [2.24, 2.45) is 5.92 Å². The van der Waals surface area contributed by atoms with Crippen molar-refractivity contribution in [1.82, 2.24) is 10.2 Å². The van der Waals surface area contributed by atoms with Crippen LogP contribution in [0.2, 0.25) is 0 Å². The summed E-state index contributed by atoms with van der Waals surface area (Å²) in [5.41, 5.74) is 0.689. The van der Waals surface area contributed by atoms with Crippen molar-refractivity contribution in [2.75, 3.05) is 39.4 Å². The summed E-state index contributed by atoms with van der Waals surface area (Å²) >= 11 is 3.51. The van der Waals surface area contributed by atoms with Gasteiger partial charge < -0.3 is 15.2 Å². The van der Waals surface area contributed by atoms with Crippen LogP contribution in [0.1, 0.15) is 24.4 Å². The van der Waals surface area contributed by atoms with Crippen molar-refractivity contribution in [3.63, 3.8) is 0 Å². The van der Waals surface area contributed by atoms with Crippen LogP contribution in [0.3, 0.4) is 0 Å². The lowest BCUT2D eigenvalue weighted by Crippen LogP contribution is -2.47. The minimum Gasteiger partial charge on any atom is -0.505 e. The molecule has 2 aliphatic heterocycles. The molecule has 2 fully saturated rings. The van der Waals surface area contributed by atoms with Crippen molar-refractivity contribution in [2.45, 2.75) is 18.9 Å². The van der Waals surface area contributed by atoms with Crippen LogP contribution in [0.4, 0.5) is 4.39 Å². The van der Waals surface area contributed by atoms with Crippen LogP contribution in [-0.4, -0.2) is 49.4 Å². The SMILES string of the molecule is Cl.Cl.Oc1c(F)ccc(Br)c1[C@H](C1CCOCC1)N1CCNCC1. The van der Waals surface area contributed by atoms with E-state index in [2.05, 4.69) is 26.1 Å². The first kappa shape index (κ1) is 21.9. The Bertz CT molecular complexity index is 509. The Morgan fingerprint density at radius 1 is 1.21 bits per heavy atom. The summed E-state index contributed by atoms with van der Waals surface area (Å²) in [7, 11) is 0. The Kier molecular flexibility index (Phi) is 9.27. The van der Waals surface area contributed by atoms with Crippen molar-refractivity contribution in [3.05, 3.63) is 28.0 Å². The third-order valence-corrected chi connectivity index (χ3v) is 5.36. The van der Waals surface area contributed by atoms with Gasteiger partial charge in [-0.1, -0.05) is 15.9 Å². The first-order valence-electron chi connectivity index (χ1n) is 7.88. The molecule has 0 amide bonds. The fourth-order valence-electron chi connectivity index (χ4n) is 3.55. The predicted molar refractivity (Wildman–Crippen MR) is 101 cm³/mol. The zero-order valence-corrected chi connectivity index (χ0v) is 16.6. The quantitative estimate of drug-likeness (QED) is 0.747. The third-order valence-electron chi connectivity index (χ3n) is 4.67. The topological polar surface area (TPSA) is 44.7 Å². The van der Waals surface area contributed by atoms with E-state index in [1.54, 1.807) is 6.07 Å². The lowest BCUT2D eigenvalue weighted by Gasteiger charge is -2.41. The summed E-state index contributed by atoms with van der Waals surface area (Å²) in [5.74, 6) is -0.398. The molecular formula is C16H24BrCl2FN2O2. The van der Waals surface area contributed by atoms with Gasteiger partial charge in [-0.3, -0.25) is 4.90 Å². The first-order chi connectivity index (χ1) is 10.7. The monoisotopic (exact) mass is 444 g/mol. The van der Waals surface area contributed by atoms with Crippen LogP contribution in [0, 0.1) is 11.7 Å². The van der Waals surface area contributed by atoms with E-state index in [-0.39, 0.29) is 36.6 Å². The fourth-order valence-corrected chi connectivity index (χ4v) is 4.10. The number of nitrogens with one attached hydrogen (secondary N) is 1. The molecule has 138 valence electrons. The molecule has 8 heteroatoms. The van der Waals surface area contributed by atoms with E-state index in [0.29, 0.717) is 11.5 Å². The van der Waals surface area contributed by atoms with E-state index < -0.39 is 5.82 Å². The predicted octanol–water partition coefficient (Wildman–Crippen LogP) is 3.51. The highest BCUT2D eigenvalue weighted by molar-refractivity contribution is 9.10. The van der Waals surface area contributed by atoms with Gasteiger partial charge in [-0.2, -0.15) is 0 Å². The Hall–Kier alpha value is -0.110. The van der Waals surface area contributed by atoms with Gasteiger partial charge in [0.1, 0.15) is 0 Å². The second-order valence-electron chi connectivity index (χ2n) is 5.97. The number of hydrogen-bond donors (Lipinski definition) is 2. The smallest absolute Gasteiger partial charge is 0.165 e. The van der Waals surface area contributed by atoms with Gasteiger partial charge in [-0.25, -0.2) is 4.39 Å². The molecule has 0 aromatic heterocycles. The number of aromatic hydroxyl groups is 1. The third kappa shape index (κ3) is 4.74. The molecule has 2 saturated heterocycles. The normalized spacial score (nSPS) is 20.8. The van der Waals surface area contributed by atoms with Gasteiger partial charge in [0.2, 0.25) is 0 Å². The van der Waals surface area contributed by atoms with Gasteiger partial charge in [0, 0.05) is 55.5 Å². The van der Waals surface area contributed by atoms with Crippen molar-refractivity contribution >= 4 is 40.7 Å². The molecule has 0 radical (unpaired) electrons. The lowest BCUT2D eigenvalue weighted by atomic mass is 9.85. The highest BCUT2D eigenvalue weighted by Gasteiger charge is 2.34. The van der Waals surface area contributed by atoms with Crippen LogP contribution >= 0.6 is 40.7 Å². The molecule has 1 aromatic rings. The largest absolute Gasteiger partial charge is 0.505 e. The molecule has 0 bridgehead atoms. The second kappa shape index (κ2) is 10.1. The molecule has 0 aliphatic carbocycles. The molecule has 0 spiro atoms. The standard InChI is InChI=1S/C16H22BrFN2O2.2ClH/c17-12-1-2-13(18)16(21)14(12)15(11-3-9-22-10-4-11)20-7-5-19-6-8-20;;/h1-2,11,15,19,21H,3-10H2;2*1H/t15-;;/m0../s1. The summed E-state index contributed by atoms with van der Waals surface area (Å²) in [5, 5.41) is 13.7. The van der Waals surface area contributed by atoms with Gasteiger partial charge in [0.05, 0.1) is 0 Å². The van der Waals surface area contributed by atoms with E-state index in [4.69, 9.17) is 4.74 Å². The number of ether oxygens (including phenoxy) is 1. The zero-order chi connectivity index (χ0) is 15.5. The Morgan fingerprint density at radius 2 is 1.83 bits per heavy atom. The second-order valence-corrected chi connectivity index (χ2v) is 6.83. The number of nitrogens with zero attached hydrogens (tertiary/aromatic N) is 1. The molecular weight excluding hydrogens is 422 g/mol. The highest BCUT2D eigenvalue weighted by atomic mass is 79.9. The van der Waals surface area contributed by atoms with Crippen LogP contribution in [0.15, 0.2) is 16.6 Å². The van der Waals surface area contributed by atoms with Gasteiger partial charge >= 0.3 is 0 Å². The molecule has 4 nitrogen and oxygen atoms in total. The van der Waals surface area contributed by atoms with E-state index >= 15 is 0 Å². The number of piperazine rings is 1. The minimum atomic E-state index is -0.551. The first-order valence-corrected chi connectivity index (χ1v) is 8.67. The summed E-state index contributed by atoms with van der Waals surface area (Å²) in [6.07, 6.45) is 1.88. The van der Waals surface area contributed by atoms with E-state index in [9.17, 15) is 9.50 Å². The zero-order valence-electron chi connectivity index (χ0n) is 13.3. The van der Waals surface area contributed by atoms with Gasteiger partial charge in [0.25, 0.3) is 0 Å². The van der Waals surface area contributed by atoms with Crippen LogP contribution in [-0.2, 0) is 4.74 Å². The average Bonchev–Trinajstić information content (AvgIpc) is 2.57. The molecule has 1 aromatic carbocycles. The summed E-state index contributed by atoms with van der Waals surface area (Å²) < 4.78 is 20.2. The maximum absolute atomic E-state index is 13.9. The van der Waals surface area contributed by atoms with Crippen LogP contribution in [0.5, 0.6) is 5.75 Å². The summed E-state index contributed by atoms with van der Waals surface area (Å²) in [6.45, 7) is 5.14. The van der Waals surface area contributed by atoms with Crippen molar-refractivity contribution < 1.29 is 14.2 Å². The highest BCUT2D eigenvalue weighted by Crippen LogP contribution is 2.43. The lowest BCUT2D eigenvalue weighted by molar-refractivity contribution is 0.0203. The molecule has 3 rings (SSSR count). The number of phenols is 1. The van der Waals surface area contributed by atoms with Gasteiger partial charge in [-0.15, -0.1) is 24.8 Å². The summed E-state index contributed by atoms with van der Waals surface area (Å²) in [4.78, 5) is 2.37. The Labute approximate surface area is 163 Å².